The second-order valence-corrected chi connectivity index (χ2v) is 2.11. The van der Waals surface area contributed by atoms with Gasteiger partial charge in [-0.2, -0.15) is 0 Å². The van der Waals surface area contributed by atoms with Crippen molar-refractivity contribution in [1.82, 2.24) is 9.55 Å². The molecular weight excluding hydrogens is 138 g/mol. The van der Waals surface area contributed by atoms with Gasteiger partial charge in [0.05, 0.1) is 6.33 Å². The molecule has 1 aromatic rings. The predicted octanol–water partition coefficient (Wildman–Crippen LogP) is 0.495. The summed E-state index contributed by atoms with van der Waals surface area (Å²) in [6.45, 7) is 1.40. The summed E-state index contributed by atoms with van der Waals surface area (Å²) < 4.78 is 1.85. The van der Waals surface area contributed by atoms with Gasteiger partial charge in [0.15, 0.2) is 0 Å². The van der Waals surface area contributed by atoms with E-state index in [1.54, 1.807) is 12.5 Å². The largest absolute Gasteiger partial charge is 0.335 e. The highest BCUT2D eigenvalue weighted by molar-refractivity contribution is 6.29. The zero-order chi connectivity index (χ0) is 6.69. The summed E-state index contributed by atoms with van der Waals surface area (Å²) >= 11 is 5.52. The van der Waals surface area contributed by atoms with Crippen LogP contribution in [0, 0.1) is 0 Å². The lowest BCUT2D eigenvalue weighted by atomic mass is 10.6. The molecule has 9 heavy (non-hydrogen) atoms. The van der Waals surface area contributed by atoms with E-state index in [1.165, 1.54) is 0 Å². The van der Waals surface area contributed by atoms with E-state index in [1.807, 2.05) is 4.57 Å². The summed E-state index contributed by atoms with van der Waals surface area (Å²) in [6.07, 6.45) is 3.41. The lowest BCUT2D eigenvalue weighted by molar-refractivity contribution is 0.708. The molecule has 1 heterocycles. The molecule has 4 heteroatoms. The standard InChI is InChI=1S/C5H8ClN3/c6-5-3-9(2-1-7)4-8-5/h3-4H,1-2,7H2. The molecule has 0 spiro atoms. The fourth-order valence-electron chi connectivity index (χ4n) is 0.604. The van der Waals surface area contributed by atoms with Crippen LogP contribution in [0.25, 0.3) is 0 Å². The van der Waals surface area contributed by atoms with E-state index in [-0.39, 0.29) is 0 Å². The maximum atomic E-state index is 5.52. The zero-order valence-corrected chi connectivity index (χ0v) is 5.67. The van der Waals surface area contributed by atoms with Gasteiger partial charge >= 0.3 is 0 Å². The molecule has 2 N–H and O–H groups in total. The molecule has 1 aromatic heterocycles. The zero-order valence-electron chi connectivity index (χ0n) is 4.92. The van der Waals surface area contributed by atoms with Gasteiger partial charge in [-0.25, -0.2) is 4.98 Å². The number of nitrogens with two attached hydrogens (primary N) is 1. The number of aromatic nitrogens is 2. The minimum absolute atomic E-state index is 0.517. The van der Waals surface area contributed by atoms with E-state index in [0.29, 0.717) is 11.7 Å². The summed E-state index contributed by atoms with van der Waals surface area (Å²) in [7, 11) is 0. The van der Waals surface area contributed by atoms with Gasteiger partial charge < -0.3 is 10.3 Å². The third kappa shape index (κ3) is 1.69. The molecule has 0 amide bonds. The van der Waals surface area contributed by atoms with Crippen LogP contribution in [-0.4, -0.2) is 16.1 Å². The fraction of sp³-hybridized carbons (Fsp3) is 0.400. The average molecular weight is 146 g/mol. The fourth-order valence-corrected chi connectivity index (χ4v) is 0.773. The summed E-state index contributed by atoms with van der Waals surface area (Å²) in [5.74, 6) is 0. The normalized spacial score (nSPS) is 10.0. The van der Waals surface area contributed by atoms with Crippen LogP contribution in [0.15, 0.2) is 12.5 Å². The van der Waals surface area contributed by atoms with Crippen molar-refractivity contribution in [2.75, 3.05) is 6.54 Å². The van der Waals surface area contributed by atoms with Gasteiger partial charge in [-0.1, -0.05) is 11.6 Å². The SMILES string of the molecule is NCCn1cnc(Cl)c1. The molecule has 0 atom stereocenters. The van der Waals surface area contributed by atoms with Crippen molar-refractivity contribution in [1.29, 1.82) is 0 Å². The van der Waals surface area contributed by atoms with Gasteiger partial charge in [0.2, 0.25) is 0 Å². The minimum Gasteiger partial charge on any atom is -0.335 e. The molecule has 0 aliphatic heterocycles. The van der Waals surface area contributed by atoms with E-state index in [4.69, 9.17) is 17.3 Å². The first-order valence-electron chi connectivity index (χ1n) is 2.70. The molecule has 3 nitrogen and oxygen atoms in total. The second kappa shape index (κ2) is 2.85. The van der Waals surface area contributed by atoms with E-state index in [2.05, 4.69) is 4.98 Å². The summed E-state index contributed by atoms with van der Waals surface area (Å²) in [5, 5.41) is 0.517. The number of rotatable bonds is 2. The number of hydrogen-bond acceptors (Lipinski definition) is 2. The topological polar surface area (TPSA) is 43.8 Å². The van der Waals surface area contributed by atoms with Crippen molar-refractivity contribution < 1.29 is 0 Å². The molecule has 0 radical (unpaired) electrons. The van der Waals surface area contributed by atoms with Crippen molar-refractivity contribution in [3.63, 3.8) is 0 Å². The Morgan fingerprint density at radius 2 is 2.56 bits per heavy atom. The first-order chi connectivity index (χ1) is 4.33. The lowest BCUT2D eigenvalue weighted by Gasteiger charge is -1.93. The first-order valence-corrected chi connectivity index (χ1v) is 3.08. The van der Waals surface area contributed by atoms with Gasteiger partial charge in [-0.15, -0.1) is 0 Å². The Morgan fingerprint density at radius 3 is 3.00 bits per heavy atom. The Morgan fingerprint density at radius 1 is 1.78 bits per heavy atom. The lowest BCUT2D eigenvalue weighted by Crippen LogP contribution is -2.07. The van der Waals surface area contributed by atoms with Gasteiger partial charge in [0, 0.05) is 19.3 Å². The molecule has 0 saturated heterocycles. The number of hydrogen-bond donors (Lipinski definition) is 1. The Hall–Kier alpha value is -0.540. The highest BCUT2D eigenvalue weighted by Gasteiger charge is 1.90. The van der Waals surface area contributed by atoms with Crippen LogP contribution < -0.4 is 5.73 Å². The quantitative estimate of drug-likeness (QED) is 0.659. The summed E-state index contributed by atoms with van der Waals surface area (Å²) in [6, 6.07) is 0. The summed E-state index contributed by atoms with van der Waals surface area (Å²) in [5.41, 5.74) is 5.28. The van der Waals surface area contributed by atoms with E-state index >= 15 is 0 Å². The van der Waals surface area contributed by atoms with Crippen molar-refractivity contribution in [2.45, 2.75) is 6.54 Å². The predicted molar refractivity (Wildman–Crippen MR) is 36.3 cm³/mol. The van der Waals surface area contributed by atoms with Crippen LogP contribution in [0.5, 0.6) is 0 Å². The molecule has 1 rings (SSSR count). The van der Waals surface area contributed by atoms with E-state index < -0.39 is 0 Å². The molecule has 0 saturated carbocycles. The number of halogens is 1. The Kier molecular flexibility index (Phi) is 2.08. The van der Waals surface area contributed by atoms with Crippen LogP contribution in [0.1, 0.15) is 0 Å². The van der Waals surface area contributed by atoms with Crippen molar-refractivity contribution >= 4 is 11.6 Å². The van der Waals surface area contributed by atoms with Crippen molar-refractivity contribution in [3.05, 3.63) is 17.7 Å². The number of imidazole rings is 1. The van der Waals surface area contributed by atoms with Gasteiger partial charge in [-0.3, -0.25) is 0 Å². The maximum absolute atomic E-state index is 5.52. The molecule has 50 valence electrons. The molecule has 0 aliphatic rings. The molecule has 0 aliphatic carbocycles. The van der Waals surface area contributed by atoms with Crippen LogP contribution in [0.3, 0.4) is 0 Å². The van der Waals surface area contributed by atoms with Gasteiger partial charge in [0.25, 0.3) is 0 Å². The molecule has 0 unspecified atom stereocenters. The highest BCUT2D eigenvalue weighted by atomic mass is 35.5. The van der Waals surface area contributed by atoms with Gasteiger partial charge in [0.1, 0.15) is 5.15 Å². The average Bonchev–Trinajstić information content (AvgIpc) is 2.17. The smallest absolute Gasteiger partial charge is 0.146 e. The second-order valence-electron chi connectivity index (χ2n) is 1.72. The summed E-state index contributed by atoms with van der Waals surface area (Å²) in [4.78, 5) is 3.81. The monoisotopic (exact) mass is 145 g/mol. The maximum Gasteiger partial charge on any atom is 0.146 e. The number of nitrogens with zero attached hydrogens (tertiary/aromatic N) is 2. The van der Waals surface area contributed by atoms with Crippen molar-refractivity contribution in [3.8, 4) is 0 Å². The molecule has 0 bridgehead atoms. The van der Waals surface area contributed by atoms with E-state index in [9.17, 15) is 0 Å². The van der Waals surface area contributed by atoms with Crippen LogP contribution in [0.2, 0.25) is 5.15 Å². The Bertz CT molecular complexity index is 184. The Balaban J connectivity index is 2.61. The Labute approximate surface area is 58.4 Å². The van der Waals surface area contributed by atoms with Crippen molar-refractivity contribution in [2.24, 2.45) is 5.73 Å². The van der Waals surface area contributed by atoms with Crippen LogP contribution in [-0.2, 0) is 6.54 Å². The first kappa shape index (κ1) is 6.58. The van der Waals surface area contributed by atoms with E-state index in [0.717, 1.165) is 6.54 Å². The molecule has 0 aromatic carbocycles. The third-order valence-corrected chi connectivity index (χ3v) is 1.18. The van der Waals surface area contributed by atoms with Gasteiger partial charge in [-0.05, 0) is 0 Å². The van der Waals surface area contributed by atoms with Crippen LogP contribution >= 0.6 is 11.6 Å². The third-order valence-electron chi connectivity index (χ3n) is 0.989. The molecule has 0 fully saturated rings. The van der Waals surface area contributed by atoms with Crippen LogP contribution in [0.4, 0.5) is 0 Å². The molecular formula is C5H8ClN3. The highest BCUT2D eigenvalue weighted by Crippen LogP contribution is 2.01. The minimum atomic E-state index is 0.517.